The summed E-state index contributed by atoms with van der Waals surface area (Å²) in [4.78, 5) is 21.3. The second kappa shape index (κ2) is 4.05. The Balaban J connectivity index is 2.05. The smallest absolute Gasteiger partial charge is 0.329 e. The highest BCUT2D eigenvalue weighted by molar-refractivity contribution is 5.70. The number of carboxylic acids is 1. The lowest BCUT2D eigenvalue weighted by Gasteiger charge is -1.95. The predicted octanol–water partition coefficient (Wildman–Crippen LogP) is 0.559. The molecular formula is C9H9N3O3. The Kier molecular flexibility index (Phi) is 2.59. The molecule has 0 aromatic carbocycles. The Morgan fingerprint density at radius 2 is 2.47 bits per heavy atom. The van der Waals surface area contributed by atoms with Gasteiger partial charge in [-0.15, -0.1) is 0 Å². The van der Waals surface area contributed by atoms with Gasteiger partial charge in [0.25, 0.3) is 0 Å². The number of nitrogens with one attached hydrogen (secondary N) is 1. The van der Waals surface area contributed by atoms with E-state index in [-0.39, 0.29) is 13.2 Å². The maximum Gasteiger partial charge on any atom is 0.329 e. The van der Waals surface area contributed by atoms with Crippen LogP contribution in [0.5, 0.6) is 0 Å². The van der Waals surface area contributed by atoms with Crippen LogP contribution in [0.4, 0.5) is 0 Å². The summed E-state index contributed by atoms with van der Waals surface area (Å²) in [5.74, 6) is -0.422. The zero-order valence-corrected chi connectivity index (χ0v) is 7.80. The molecule has 0 bridgehead atoms. The van der Waals surface area contributed by atoms with Crippen LogP contribution >= 0.6 is 0 Å². The molecule has 0 saturated heterocycles. The van der Waals surface area contributed by atoms with Gasteiger partial charge in [0.05, 0.1) is 5.52 Å². The zero-order valence-electron chi connectivity index (χ0n) is 7.80. The number of fused-ring (bicyclic) bond motifs is 1. The van der Waals surface area contributed by atoms with Crippen LogP contribution in [0.1, 0.15) is 5.82 Å². The number of H-pyrrole nitrogens is 1. The maximum atomic E-state index is 10.2. The van der Waals surface area contributed by atoms with Crippen LogP contribution in [0.25, 0.3) is 11.2 Å². The molecule has 0 aliphatic rings. The molecule has 2 N–H and O–H groups in total. The van der Waals surface area contributed by atoms with Crippen LogP contribution in [0, 0.1) is 0 Å². The number of ether oxygens (including phenoxy) is 1. The average molecular weight is 207 g/mol. The number of pyridine rings is 1. The normalized spacial score (nSPS) is 10.7. The van der Waals surface area contributed by atoms with Gasteiger partial charge < -0.3 is 14.8 Å². The van der Waals surface area contributed by atoms with Gasteiger partial charge in [0.1, 0.15) is 19.0 Å². The minimum Gasteiger partial charge on any atom is -0.480 e. The molecule has 2 heterocycles. The molecule has 0 aliphatic heterocycles. The van der Waals surface area contributed by atoms with E-state index in [1.54, 1.807) is 12.3 Å². The summed E-state index contributed by atoms with van der Waals surface area (Å²) < 4.78 is 4.89. The van der Waals surface area contributed by atoms with Gasteiger partial charge in [-0.3, -0.25) is 0 Å². The second-order valence-electron chi connectivity index (χ2n) is 2.94. The monoisotopic (exact) mass is 207 g/mol. The van der Waals surface area contributed by atoms with E-state index < -0.39 is 5.97 Å². The van der Waals surface area contributed by atoms with Crippen LogP contribution in [0.15, 0.2) is 18.3 Å². The minimum absolute atomic E-state index is 0.142. The summed E-state index contributed by atoms with van der Waals surface area (Å²) in [5.41, 5.74) is 1.41. The topological polar surface area (TPSA) is 88.1 Å². The fraction of sp³-hybridized carbons (Fsp3) is 0.222. The van der Waals surface area contributed by atoms with Crippen LogP contribution in [-0.2, 0) is 16.1 Å². The molecule has 0 spiro atoms. The van der Waals surface area contributed by atoms with Crippen LogP contribution < -0.4 is 0 Å². The van der Waals surface area contributed by atoms with E-state index in [9.17, 15) is 4.79 Å². The van der Waals surface area contributed by atoms with E-state index in [0.717, 1.165) is 5.52 Å². The molecule has 2 aromatic rings. The fourth-order valence-electron chi connectivity index (χ4n) is 1.20. The summed E-state index contributed by atoms with van der Waals surface area (Å²) in [5, 5.41) is 8.36. The lowest BCUT2D eigenvalue weighted by Crippen LogP contribution is -2.07. The molecule has 78 valence electrons. The molecule has 6 heteroatoms. The Morgan fingerprint density at radius 1 is 1.60 bits per heavy atom. The molecule has 2 rings (SSSR count). The summed E-state index contributed by atoms with van der Waals surface area (Å²) in [7, 11) is 0. The summed E-state index contributed by atoms with van der Waals surface area (Å²) in [6.07, 6.45) is 1.64. The molecular weight excluding hydrogens is 198 g/mol. The zero-order chi connectivity index (χ0) is 10.7. The lowest BCUT2D eigenvalue weighted by molar-refractivity contribution is -0.142. The van der Waals surface area contributed by atoms with E-state index in [4.69, 9.17) is 9.84 Å². The van der Waals surface area contributed by atoms with Crippen LogP contribution in [0.3, 0.4) is 0 Å². The summed E-state index contributed by atoms with van der Waals surface area (Å²) in [6, 6.07) is 3.64. The van der Waals surface area contributed by atoms with Crippen molar-refractivity contribution in [1.82, 2.24) is 15.0 Å². The van der Waals surface area contributed by atoms with Crippen molar-refractivity contribution in [1.29, 1.82) is 0 Å². The Morgan fingerprint density at radius 3 is 3.20 bits per heavy atom. The van der Waals surface area contributed by atoms with E-state index in [0.29, 0.717) is 11.5 Å². The molecule has 0 fully saturated rings. The number of aromatic amines is 1. The van der Waals surface area contributed by atoms with Crippen LogP contribution in [-0.4, -0.2) is 32.6 Å². The van der Waals surface area contributed by atoms with Crippen molar-refractivity contribution in [2.24, 2.45) is 0 Å². The predicted molar refractivity (Wildman–Crippen MR) is 51.2 cm³/mol. The third-order valence-corrected chi connectivity index (χ3v) is 1.77. The Bertz CT molecular complexity index is 447. The summed E-state index contributed by atoms with van der Waals surface area (Å²) >= 11 is 0. The first kappa shape index (κ1) is 9.60. The molecule has 6 nitrogen and oxygen atoms in total. The Hall–Kier alpha value is -1.95. The van der Waals surface area contributed by atoms with Crippen molar-refractivity contribution in [3.63, 3.8) is 0 Å². The first-order chi connectivity index (χ1) is 7.25. The number of aliphatic carboxylic acids is 1. The number of rotatable bonds is 4. The first-order valence-electron chi connectivity index (χ1n) is 4.35. The maximum absolute atomic E-state index is 10.2. The van der Waals surface area contributed by atoms with Gasteiger partial charge in [0.2, 0.25) is 0 Å². The van der Waals surface area contributed by atoms with Crippen molar-refractivity contribution in [3.8, 4) is 0 Å². The number of hydrogen-bond acceptors (Lipinski definition) is 4. The van der Waals surface area contributed by atoms with E-state index in [2.05, 4.69) is 15.0 Å². The Labute approximate surface area is 84.9 Å². The van der Waals surface area contributed by atoms with Crippen molar-refractivity contribution >= 4 is 17.1 Å². The number of carboxylic acid groups (broad SMARTS) is 1. The number of imidazole rings is 1. The molecule has 0 amide bonds. The number of aromatic nitrogens is 3. The molecule has 0 radical (unpaired) electrons. The van der Waals surface area contributed by atoms with E-state index in [1.165, 1.54) is 0 Å². The van der Waals surface area contributed by atoms with Crippen LogP contribution in [0.2, 0.25) is 0 Å². The molecule has 0 unspecified atom stereocenters. The van der Waals surface area contributed by atoms with Gasteiger partial charge in [-0.25, -0.2) is 14.8 Å². The van der Waals surface area contributed by atoms with Crippen molar-refractivity contribution in [2.45, 2.75) is 6.61 Å². The molecule has 15 heavy (non-hydrogen) atoms. The van der Waals surface area contributed by atoms with Gasteiger partial charge >= 0.3 is 5.97 Å². The van der Waals surface area contributed by atoms with Gasteiger partial charge in [0.15, 0.2) is 5.65 Å². The lowest BCUT2D eigenvalue weighted by atomic mass is 10.4. The third-order valence-electron chi connectivity index (χ3n) is 1.77. The van der Waals surface area contributed by atoms with Gasteiger partial charge in [0, 0.05) is 6.20 Å². The molecule has 2 aromatic heterocycles. The first-order valence-corrected chi connectivity index (χ1v) is 4.35. The van der Waals surface area contributed by atoms with E-state index in [1.807, 2.05) is 6.07 Å². The SMILES string of the molecule is O=C(O)COCc1nc2ncccc2[nH]1. The fourth-order valence-corrected chi connectivity index (χ4v) is 1.20. The molecule has 0 saturated carbocycles. The average Bonchev–Trinajstić information content (AvgIpc) is 2.59. The second-order valence-corrected chi connectivity index (χ2v) is 2.94. The van der Waals surface area contributed by atoms with Gasteiger partial charge in [-0.1, -0.05) is 0 Å². The molecule has 0 aliphatic carbocycles. The minimum atomic E-state index is -0.996. The molecule has 0 atom stereocenters. The number of hydrogen-bond donors (Lipinski definition) is 2. The number of nitrogens with zero attached hydrogens (tertiary/aromatic N) is 2. The highest BCUT2D eigenvalue weighted by Crippen LogP contribution is 2.07. The third kappa shape index (κ3) is 2.29. The van der Waals surface area contributed by atoms with Crippen molar-refractivity contribution in [2.75, 3.05) is 6.61 Å². The van der Waals surface area contributed by atoms with Crippen molar-refractivity contribution < 1.29 is 14.6 Å². The highest BCUT2D eigenvalue weighted by Gasteiger charge is 2.03. The number of carbonyl (C=O) groups is 1. The van der Waals surface area contributed by atoms with Gasteiger partial charge in [-0.05, 0) is 12.1 Å². The standard InChI is InChI=1S/C9H9N3O3/c13-8(14)5-15-4-7-11-6-2-1-3-10-9(6)12-7/h1-3H,4-5H2,(H,13,14)(H,10,11,12). The quantitative estimate of drug-likeness (QED) is 0.764. The van der Waals surface area contributed by atoms with Crippen molar-refractivity contribution in [3.05, 3.63) is 24.2 Å². The van der Waals surface area contributed by atoms with E-state index >= 15 is 0 Å². The van der Waals surface area contributed by atoms with Gasteiger partial charge in [-0.2, -0.15) is 0 Å². The highest BCUT2D eigenvalue weighted by atomic mass is 16.5. The largest absolute Gasteiger partial charge is 0.480 e. The summed E-state index contributed by atoms with van der Waals surface area (Å²) in [6.45, 7) is -0.187.